The highest BCUT2D eigenvalue weighted by Gasteiger charge is 2.06. The normalized spacial score (nSPS) is 10.2. The first kappa shape index (κ1) is 8.19. The van der Waals surface area contributed by atoms with Gasteiger partial charge in [0, 0.05) is 22.8 Å². The maximum absolute atomic E-state index is 5.60. The van der Waals surface area contributed by atoms with Gasteiger partial charge in [0.1, 0.15) is 0 Å². The van der Waals surface area contributed by atoms with Crippen LogP contribution < -0.4 is 5.73 Å². The van der Waals surface area contributed by atoms with Crippen molar-refractivity contribution in [1.82, 2.24) is 9.97 Å². The molecule has 2 aromatic rings. The summed E-state index contributed by atoms with van der Waals surface area (Å²) in [5.41, 5.74) is 7.57. The number of hydrogen-bond donors (Lipinski definition) is 1. The number of aromatic nitrogens is 2. The van der Waals surface area contributed by atoms with Crippen molar-refractivity contribution in [1.29, 1.82) is 0 Å². The van der Waals surface area contributed by atoms with Crippen LogP contribution in [0.5, 0.6) is 0 Å². The SMILES string of the molecule is Cc1sc(N)nc1-c1cccnc1. The van der Waals surface area contributed by atoms with Gasteiger partial charge in [-0.15, -0.1) is 11.3 Å². The standard InChI is InChI=1S/C9H9N3S/c1-6-8(12-9(10)13-6)7-3-2-4-11-5-7/h2-5H,1H3,(H2,10,12). The van der Waals surface area contributed by atoms with Gasteiger partial charge in [0.25, 0.3) is 0 Å². The third-order valence-electron chi connectivity index (χ3n) is 1.75. The van der Waals surface area contributed by atoms with Gasteiger partial charge < -0.3 is 5.73 Å². The lowest BCUT2D eigenvalue weighted by atomic mass is 10.2. The van der Waals surface area contributed by atoms with Crippen molar-refractivity contribution in [3.63, 3.8) is 0 Å². The van der Waals surface area contributed by atoms with E-state index in [1.807, 2.05) is 19.1 Å². The Kier molecular flexibility index (Phi) is 1.98. The zero-order chi connectivity index (χ0) is 9.26. The Labute approximate surface area is 80.3 Å². The van der Waals surface area contributed by atoms with Crippen LogP contribution >= 0.6 is 11.3 Å². The van der Waals surface area contributed by atoms with Gasteiger partial charge in [0.15, 0.2) is 5.13 Å². The van der Waals surface area contributed by atoms with Crippen LogP contribution in [0.25, 0.3) is 11.3 Å². The monoisotopic (exact) mass is 191 g/mol. The van der Waals surface area contributed by atoms with Crippen LogP contribution in [0.3, 0.4) is 0 Å². The van der Waals surface area contributed by atoms with Crippen LogP contribution in [0.1, 0.15) is 4.88 Å². The maximum atomic E-state index is 5.60. The quantitative estimate of drug-likeness (QED) is 0.751. The second kappa shape index (κ2) is 3.14. The van der Waals surface area contributed by atoms with E-state index in [0.29, 0.717) is 5.13 Å². The van der Waals surface area contributed by atoms with E-state index in [9.17, 15) is 0 Å². The highest BCUT2D eigenvalue weighted by molar-refractivity contribution is 7.15. The van der Waals surface area contributed by atoms with Crippen molar-refractivity contribution < 1.29 is 0 Å². The summed E-state index contributed by atoms with van der Waals surface area (Å²) in [5.74, 6) is 0. The average Bonchev–Trinajstić information content (AvgIpc) is 2.47. The molecule has 0 radical (unpaired) electrons. The number of pyridine rings is 1. The van der Waals surface area contributed by atoms with Crippen molar-refractivity contribution in [3.05, 3.63) is 29.4 Å². The molecule has 0 aromatic carbocycles. The molecule has 0 amide bonds. The molecule has 0 fully saturated rings. The van der Waals surface area contributed by atoms with Gasteiger partial charge in [0.05, 0.1) is 5.69 Å². The van der Waals surface area contributed by atoms with E-state index in [1.165, 1.54) is 11.3 Å². The van der Waals surface area contributed by atoms with E-state index in [-0.39, 0.29) is 0 Å². The molecule has 0 atom stereocenters. The summed E-state index contributed by atoms with van der Waals surface area (Å²) in [6, 6.07) is 3.87. The molecule has 13 heavy (non-hydrogen) atoms. The number of nitrogens with two attached hydrogens (primary N) is 1. The van der Waals surface area contributed by atoms with Crippen molar-refractivity contribution in [2.45, 2.75) is 6.92 Å². The second-order valence-corrected chi connectivity index (χ2v) is 3.93. The second-order valence-electron chi connectivity index (χ2n) is 2.70. The molecule has 0 saturated heterocycles. The minimum absolute atomic E-state index is 0.608. The molecule has 2 heterocycles. The predicted octanol–water partition coefficient (Wildman–Crippen LogP) is 2.10. The fraction of sp³-hybridized carbons (Fsp3) is 0.111. The van der Waals surface area contributed by atoms with Crippen molar-refractivity contribution in [2.24, 2.45) is 0 Å². The largest absolute Gasteiger partial charge is 0.375 e. The van der Waals surface area contributed by atoms with Gasteiger partial charge in [-0.25, -0.2) is 4.98 Å². The molecule has 0 aliphatic carbocycles. The van der Waals surface area contributed by atoms with Gasteiger partial charge >= 0.3 is 0 Å². The zero-order valence-electron chi connectivity index (χ0n) is 7.19. The Morgan fingerprint density at radius 3 is 2.85 bits per heavy atom. The topological polar surface area (TPSA) is 51.8 Å². The lowest BCUT2D eigenvalue weighted by Crippen LogP contribution is -1.84. The van der Waals surface area contributed by atoms with E-state index in [1.54, 1.807) is 12.4 Å². The molecule has 2 N–H and O–H groups in total. The van der Waals surface area contributed by atoms with Crippen LogP contribution in [0.2, 0.25) is 0 Å². The van der Waals surface area contributed by atoms with E-state index >= 15 is 0 Å². The van der Waals surface area contributed by atoms with E-state index in [2.05, 4.69) is 9.97 Å². The first-order valence-electron chi connectivity index (χ1n) is 3.90. The van der Waals surface area contributed by atoms with Gasteiger partial charge in [-0.1, -0.05) is 0 Å². The highest BCUT2D eigenvalue weighted by atomic mass is 32.1. The molecule has 0 unspecified atom stereocenters. The summed E-state index contributed by atoms with van der Waals surface area (Å²) in [6.45, 7) is 2.01. The first-order chi connectivity index (χ1) is 6.27. The number of aryl methyl sites for hydroxylation is 1. The average molecular weight is 191 g/mol. The van der Waals surface area contributed by atoms with Crippen LogP contribution in [-0.2, 0) is 0 Å². The number of thiazole rings is 1. The van der Waals surface area contributed by atoms with Crippen molar-refractivity contribution in [2.75, 3.05) is 5.73 Å². The summed E-state index contributed by atoms with van der Waals surface area (Å²) in [7, 11) is 0. The molecule has 0 spiro atoms. The third kappa shape index (κ3) is 1.53. The molecule has 0 aliphatic heterocycles. The fourth-order valence-electron chi connectivity index (χ4n) is 1.19. The first-order valence-corrected chi connectivity index (χ1v) is 4.72. The number of nitrogens with zero attached hydrogens (tertiary/aromatic N) is 2. The summed E-state index contributed by atoms with van der Waals surface area (Å²) >= 11 is 1.50. The van der Waals surface area contributed by atoms with E-state index < -0.39 is 0 Å². The van der Waals surface area contributed by atoms with Gasteiger partial charge in [0.2, 0.25) is 0 Å². The molecule has 3 nitrogen and oxygen atoms in total. The number of anilines is 1. The van der Waals surface area contributed by atoms with E-state index in [0.717, 1.165) is 16.1 Å². The van der Waals surface area contributed by atoms with E-state index in [4.69, 9.17) is 5.73 Å². The molecule has 2 rings (SSSR count). The van der Waals surface area contributed by atoms with Crippen molar-refractivity contribution >= 4 is 16.5 Å². The molecule has 0 bridgehead atoms. The molecule has 0 aliphatic rings. The molecule has 2 aromatic heterocycles. The smallest absolute Gasteiger partial charge is 0.180 e. The van der Waals surface area contributed by atoms with Crippen LogP contribution in [0.15, 0.2) is 24.5 Å². The molecule has 66 valence electrons. The molecular weight excluding hydrogens is 182 g/mol. The van der Waals surface area contributed by atoms with Crippen LogP contribution in [0, 0.1) is 6.92 Å². The Morgan fingerprint density at radius 2 is 2.31 bits per heavy atom. The highest BCUT2D eigenvalue weighted by Crippen LogP contribution is 2.27. The van der Waals surface area contributed by atoms with Gasteiger partial charge in [-0.3, -0.25) is 4.98 Å². The lowest BCUT2D eigenvalue weighted by Gasteiger charge is -1.95. The minimum atomic E-state index is 0.608. The third-order valence-corrected chi connectivity index (χ3v) is 2.55. The number of nitrogen functional groups attached to an aromatic ring is 1. The summed E-state index contributed by atoms with van der Waals surface area (Å²) in [6.07, 6.45) is 3.54. The Hall–Kier alpha value is -1.42. The Morgan fingerprint density at radius 1 is 1.46 bits per heavy atom. The van der Waals surface area contributed by atoms with Gasteiger partial charge in [-0.05, 0) is 19.1 Å². The summed E-state index contributed by atoms with van der Waals surface area (Å²) in [4.78, 5) is 9.40. The minimum Gasteiger partial charge on any atom is -0.375 e. The Balaban J connectivity index is 2.53. The summed E-state index contributed by atoms with van der Waals surface area (Å²) in [5, 5.41) is 0.608. The summed E-state index contributed by atoms with van der Waals surface area (Å²) < 4.78 is 0. The van der Waals surface area contributed by atoms with Crippen LogP contribution in [-0.4, -0.2) is 9.97 Å². The maximum Gasteiger partial charge on any atom is 0.180 e. The zero-order valence-corrected chi connectivity index (χ0v) is 8.01. The number of rotatable bonds is 1. The molecule has 0 saturated carbocycles. The fourth-order valence-corrected chi connectivity index (χ4v) is 1.90. The van der Waals surface area contributed by atoms with Crippen molar-refractivity contribution in [3.8, 4) is 11.3 Å². The molecular formula is C9H9N3S. The van der Waals surface area contributed by atoms with Crippen LogP contribution in [0.4, 0.5) is 5.13 Å². The van der Waals surface area contributed by atoms with Gasteiger partial charge in [-0.2, -0.15) is 0 Å². The predicted molar refractivity (Wildman–Crippen MR) is 54.5 cm³/mol. The Bertz CT molecular complexity index is 408. The number of hydrogen-bond acceptors (Lipinski definition) is 4. The molecule has 4 heteroatoms. The lowest BCUT2D eigenvalue weighted by molar-refractivity contribution is 1.30.